The third-order valence-electron chi connectivity index (χ3n) is 6.63. The van der Waals surface area contributed by atoms with Gasteiger partial charge in [-0.3, -0.25) is 9.59 Å². The second-order valence-corrected chi connectivity index (χ2v) is 9.68. The number of nitrogens with zero attached hydrogens (tertiary/aromatic N) is 5. The number of carboxylic acids is 3. The monoisotopic (exact) mass is 610 g/mol. The summed E-state index contributed by atoms with van der Waals surface area (Å²) in [6.07, 6.45) is -1.05. The molecule has 0 bridgehead atoms. The minimum atomic E-state index is -1.52. The number of carboxylic acid groups (broad SMARTS) is 3. The zero-order valence-electron chi connectivity index (χ0n) is 23.3. The molecule has 0 saturated carbocycles. The van der Waals surface area contributed by atoms with Gasteiger partial charge in [0.05, 0.1) is 0 Å². The predicted molar refractivity (Wildman–Crippen MR) is 153 cm³/mol. The van der Waals surface area contributed by atoms with Crippen molar-refractivity contribution >= 4 is 47.3 Å². The zero-order chi connectivity index (χ0) is 32.2. The second kappa shape index (κ2) is 15.4. The van der Waals surface area contributed by atoms with Crippen LogP contribution in [-0.2, 0) is 20.8 Å². The van der Waals surface area contributed by atoms with Gasteiger partial charge in [-0.15, -0.1) is 0 Å². The highest BCUT2D eigenvalue weighted by Gasteiger charge is 2.26. The summed E-state index contributed by atoms with van der Waals surface area (Å²) >= 11 is 0. The number of urea groups is 2. The third kappa shape index (κ3) is 9.63. The summed E-state index contributed by atoms with van der Waals surface area (Å²) in [6, 6.07) is 8.03. The molecule has 232 valence electrons. The van der Waals surface area contributed by atoms with E-state index in [1.165, 1.54) is 0 Å². The summed E-state index contributed by atoms with van der Waals surface area (Å²) in [5.41, 5.74) is 10.2. The number of piperazine rings is 1. The number of benzene rings is 2. The van der Waals surface area contributed by atoms with Gasteiger partial charge >= 0.3 is 30.0 Å². The average Bonchev–Trinajstić information content (AvgIpc) is 2.99. The number of anilines is 1. The molecule has 17 heteroatoms. The summed E-state index contributed by atoms with van der Waals surface area (Å²) in [6.45, 7) is 1.21. The molecule has 0 radical (unpaired) electrons. The molecule has 1 aliphatic heterocycles. The number of amides is 5. The lowest BCUT2D eigenvalue weighted by Gasteiger charge is -2.34. The number of carbonyl (C=O) groups is 6. The van der Waals surface area contributed by atoms with Gasteiger partial charge in [0.15, 0.2) is 0 Å². The Morgan fingerprint density at radius 2 is 1.39 bits per heavy atom. The molecule has 5 amide bonds. The lowest BCUT2D eigenvalue weighted by Crippen LogP contribution is -2.51. The van der Waals surface area contributed by atoms with E-state index in [9.17, 15) is 39.0 Å². The van der Waals surface area contributed by atoms with Crippen LogP contribution in [0.4, 0.5) is 21.0 Å². The Labute approximate surface area is 250 Å². The first-order valence-electron chi connectivity index (χ1n) is 13.3. The molecule has 1 heterocycles. The Balaban J connectivity index is 1.49. The van der Waals surface area contributed by atoms with E-state index < -0.39 is 42.4 Å². The minimum absolute atomic E-state index is 0.159. The third-order valence-corrected chi connectivity index (χ3v) is 6.63. The lowest BCUT2D eigenvalue weighted by molar-refractivity contribution is -0.140. The smallest absolute Gasteiger partial charge is 0.326 e. The van der Waals surface area contributed by atoms with Crippen molar-refractivity contribution in [1.82, 2.24) is 20.4 Å². The highest BCUT2D eigenvalue weighted by molar-refractivity contribution is 5.95. The van der Waals surface area contributed by atoms with Crippen LogP contribution in [-0.4, -0.2) is 99.3 Å². The maximum Gasteiger partial charge on any atom is 0.326 e. The summed E-state index contributed by atoms with van der Waals surface area (Å²) in [4.78, 5) is 77.3. The van der Waals surface area contributed by atoms with Crippen LogP contribution >= 0.6 is 0 Å². The molecule has 1 saturated heterocycles. The SMILES string of the molecule is [N-]=[N+]=Nc1ccc(C(=O)N2CCN(C(=O)Nc3ccc(C[C@H](NC(=O)NC(CCC(=O)O)C(=O)O)C(=O)O)cc3)CC2)cc1. The Hall–Kier alpha value is -5.83. The van der Waals surface area contributed by atoms with E-state index in [2.05, 4.69) is 26.0 Å². The van der Waals surface area contributed by atoms with Crippen LogP contribution in [0.5, 0.6) is 0 Å². The average molecular weight is 611 g/mol. The maximum absolute atomic E-state index is 12.8. The molecular weight excluding hydrogens is 580 g/mol. The fourth-order valence-electron chi connectivity index (χ4n) is 4.26. The van der Waals surface area contributed by atoms with Gasteiger partial charge < -0.3 is 41.1 Å². The van der Waals surface area contributed by atoms with E-state index in [0.717, 1.165) is 0 Å². The van der Waals surface area contributed by atoms with Crippen LogP contribution in [0.1, 0.15) is 28.8 Å². The lowest BCUT2D eigenvalue weighted by atomic mass is 10.1. The summed E-state index contributed by atoms with van der Waals surface area (Å²) in [7, 11) is 0. The van der Waals surface area contributed by atoms with E-state index in [1.54, 1.807) is 58.3 Å². The molecule has 6 N–H and O–H groups in total. The Morgan fingerprint density at radius 1 is 0.818 bits per heavy atom. The van der Waals surface area contributed by atoms with Crippen molar-refractivity contribution in [3.63, 3.8) is 0 Å². The molecule has 3 rings (SSSR count). The summed E-state index contributed by atoms with van der Waals surface area (Å²) in [5, 5.41) is 37.9. The first-order valence-corrected chi connectivity index (χ1v) is 13.3. The first kappa shape index (κ1) is 32.7. The zero-order valence-corrected chi connectivity index (χ0v) is 23.3. The van der Waals surface area contributed by atoms with E-state index in [0.29, 0.717) is 48.7 Å². The molecule has 44 heavy (non-hydrogen) atoms. The van der Waals surface area contributed by atoms with Crippen molar-refractivity contribution in [3.05, 3.63) is 70.1 Å². The second-order valence-electron chi connectivity index (χ2n) is 9.68. The van der Waals surface area contributed by atoms with Gasteiger partial charge in [0.1, 0.15) is 12.1 Å². The Bertz CT molecular complexity index is 1430. The van der Waals surface area contributed by atoms with E-state index in [-0.39, 0.29) is 24.8 Å². The molecule has 0 aliphatic carbocycles. The number of hydrogen-bond acceptors (Lipinski definition) is 7. The maximum atomic E-state index is 12.8. The van der Waals surface area contributed by atoms with Crippen LogP contribution in [0.2, 0.25) is 0 Å². The van der Waals surface area contributed by atoms with E-state index in [4.69, 9.17) is 10.6 Å². The number of aliphatic carboxylic acids is 3. The molecule has 0 spiro atoms. The highest BCUT2D eigenvalue weighted by atomic mass is 16.4. The number of nitrogens with one attached hydrogen (secondary N) is 3. The normalized spacial score (nSPS) is 13.9. The number of azide groups is 1. The van der Waals surface area contributed by atoms with Crippen molar-refractivity contribution < 1.29 is 44.1 Å². The van der Waals surface area contributed by atoms with E-state index in [1.807, 2.05) is 0 Å². The van der Waals surface area contributed by atoms with Crippen molar-refractivity contribution in [3.8, 4) is 0 Å². The van der Waals surface area contributed by atoms with Gasteiger partial charge in [0.25, 0.3) is 5.91 Å². The van der Waals surface area contributed by atoms with Crippen LogP contribution in [0.15, 0.2) is 53.6 Å². The highest BCUT2D eigenvalue weighted by Crippen LogP contribution is 2.17. The van der Waals surface area contributed by atoms with Crippen LogP contribution in [0.25, 0.3) is 10.4 Å². The number of carbonyl (C=O) groups excluding carboxylic acids is 3. The molecule has 2 atom stereocenters. The summed E-state index contributed by atoms with van der Waals surface area (Å²) in [5.74, 6) is -4.29. The Kier molecular flexibility index (Phi) is 11.4. The molecule has 17 nitrogen and oxygen atoms in total. The van der Waals surface area contributed by atoms with E-state index >= 15 is 0 Å². The van der Waals surface area contributed by atoms with Crippen molar-refractivity contribution in [2.24, 2.45) is 5.11 Å². The van der Waals surface area contributed by atoms with Gasteiger partial charge in [-0.1, -0.05) is 29.4 Å². The molecular formula is C27H30N8O9. The van der Waals surface area contributed by atoms with Crippen molar-refractivity contribution in [2.75, 3.05) is 31.5 Å². The Morgan fingerprint density at radius 3 is 1.93 bits per heavy atom. The van der Waals surface area contributed by atoms with Crippen molar-refractivity contribution in [1.29, 1.82) is 0 Å². The van der Waals surface area contributed by atoms with Crippen LogP contribution in [0, 0.1) is 0 Å². The minimum Gasteiger partial charge on any atom is -0.481 e. The molecule has 0 aromatic heterocycles. The molecule has 2 aromatic rings. The van der Waals surface area contributed by atoms with Crippen LogP contribution < -0.4 is 16.0 Å². The first-order chi connectivity index (χ1) is 21.0. The molecule has 1 fully saturated rings. The topological polar surface area (TPSA) is 254 Å². The largest absolute Gasteiger partial charge is 0.481 e. The molecule has 1 unspecified atom stereocenters. The quantitative estimate of drug-likeness (QED) is 0.117. The van der Waals surface area contributed by atoms with Gasteiger partial charge in [-0.05, 0) is 41.8 Å². The summed E-state index contributed by atoms with van der Waals surface area (Å²) < 4.78 is 0. The predicted octanol–water partition coefficient (Wildman–Crippen LogP) is 2.23. The van der Waals surface area contributed by atoms with Gasteiger partial charge in [0, 0.05) is 60.9 Å². The molecule has 2 aromatic carbocycles. The standard InChI is InChI=1S/C27H30N8O9/c28-33-32-19-7-3-17(4-8-19)23(38)34-11-13-35(14-12-34)27(44)29-18-5-1-16(2-6-18)15-21(25(41)42)31-26(43)30-20(24(39)40)9-10-22(36)37/h1-8,20-21H,9-15H2,(H,29,44)(H,36,37)(H,39,40)(H,41,42)(H2,30,31,43)/t20?,21-/m0/s1. The molecule has 1 aliphatic rings. The number of hydrogen-bond donors (Lipinski definition) is 6. The van der Waals surface area contributed by atoms with Gasteiger partial charge in [-0.25, -0.2) is 19.2 Å². The van der Waals surface area contributed by atoms with Gasteiger partial charge in [0.2, 0.25) is 0 Å². The number of rotatable bonds is 12. The fraction of sp³-hybridized carbons (Fsp3) is 0.333. The van der Waals surface area contributed by atoms with Crippen LogP contribution in [0.3, 0.4) is 0 Å². The van der Waals surface area contributed by atoms with Gasteiger partial charge in [-0.2, -0.15) is 0 Å². The fourth-order valence-corrected chi connectivity index (χ4v) is 4.26. The van der Waals surface area contributed by atoms with Crippen molar-refractivity contribution in [2.45, 2.75) is 31.3 Å².